The van der Waals surface area contributed by atoms with Gasteiger partial charge in [0.1, 0.15) is 5.75 Å². The Bertz CT molecular complexity index is 418. The Morgan fingerprint density at radius 1 is 1.59 bits per heavy atom. The molecule has 1 aromatic carbocycles. The van der Waals surface area contributed by atoms with Gasteiger partial charge in [-0.1, -0.05) is 13.3 Å². The summed E-state index contributed by atoms with van der Waals surface area (Å²) in [7, 11) is 0. The van der Waals surface area contributed by atoms with E-state index in [2.05, 4.69) is 5.32 Å². The van der Waals surface area contributed by atoms with Gasteiger partial charge in [0, 0.05) is 12.1 Å². The third-order valence-electron chi connectivity index (χ3n) is 2.89. The van der Waals surface area contributed by atoms with E-state index >= 15 is 0 Å². The van der Waals surface area contributed by atoms with Crippen molar-refractivity contribution < 1.29 is 9.53 Å². The van der Waals surface area contributed by atoms with Crippen LogP contribution in [-0.2, 0) is 11.2 Å². The highest BCUT2D eigenvalue weighted by atomic mass is 16.5. The molecule has 0 aromatic heterocycles. The fraction of sp³-hybridized carbons (Fsp3) is 0.462. The van der Waals surface area contributed by atoms with Crippen LogP contribution in [0, 0.1) is 0 Å². The number of anilines is 1. The van der Waals surface area contributed by atoms with Crippen LogP contribution in [0.2, 0.25) is 0 Å². The van der Waals surface area contributed by atoms with Crippen LogP contribution in [0.3, 0.4) is 0 Å². The molecule has 0 saturated carbocycles. The highest BCUT2D eigenvalue weighted by Crippen LogP contribution is 2.27. The molecule has 0 bridgehead atoms. The number of ether oxygens (including phenoxy) is 1. The van der Waals surface area contributed by atoms with E-state index < -0.39 is 6.04 Å². The smallest absolute Gasteiger partial charge is 0.241 e. The normalized spacial score (nSPS) is 14.9. The monoisotopic (exact) mass is 234 g/mol. The van der Waals surface area contributed by atoms with Crippen molar-refractivity contribution in [3.8, 4) is 5.75 Å². The summed E-state index contributed by atoms with van der Waals surface area (Å²) in [5.74, 6) is 0.798. The predicted octanol–water partition coefficient (Wildman–Crippen LogP) is 1.69. The molecule has 1 amide bonds. The van der Waals surface area contributed by atoms with Crippen molar-refractivity contribution in [1.82, 2.24) is 0 Å². The maximum Gasteiger partial charge on any atom is 0.241 e. The van der Waals surface area contributed by atoms with Crippen LogP contribution in [0.5, 0.6) is 5.75 Å². The largest absolute Gasteiger partial charge is 0.493 e. The molecule has 1 atom stereocenters. The van der Waals surface area contributed by atoms with E-state index in [4.69, 9.17) is 10.5 Å². The molecule has 0 spiro atoms. The molecule has 2 rings (SSSR count). The van der Waals surface area contributed by atoms with Crippen molar-refractivity contribution in [1.29, 1.82) is 0 Å². The molecular weight excluding hydrogens is 216 g/mol. The van der Waals surface area contributed by atoms with Gasteiger partial charge in [0.2, 0.25) is 5.91 Å². The van der Waals surface area contributed by atoms with E-state index in [1.54, 1.807) is 0 Å². The summed E-state index contributed by atoms with van der Waals surface area (Å²) < 4.78 is 5.41. The minimum absolute atomic E-state index is 0.120. The maximum absolute atomic E-state index is 11.7. The quantitative estimate of drug-likeness (QED) is 0.833. The van der Waals surface area contributed by atoms with Gasteiger partial charge >= 0.3 is 0 Å². The van der Waals surface area contributed by atoms with E-state index in [-0.39, 0.29) is 5.91 Å². The summed E-state index contributed by atoms with van der Waals surface area (Å²) in [6.07, 6.45) is 2.52. The first-order valence-corrected chi connectivity index (χ1v) is 6.03. The number of nitrogens with one attached hydrogen (secondary N) is 1. The molecule has 4 nitrogen and oxygen atoms in total. The Morgan fingerprint density at radius 3 is 3.18 bits per heavy atom. The van der Waals surface area contributed by atoms with Gasteiger partial charge in [-0.3, -0.25) is 4.79 Å². The SMILES string of the molecule is CCC[C@@H](N)C(=O)Nc1ccc2c(c1)CCO2. The Labute approximate surface area is 101 Å². The predicted molar refractivity (Wildman–Crippen MR) is 67.2 cm³/mol. The lowest BCUT2D eigenvalue weighted by Crippen LogP contribution is -2.35. The zero-order valence-electron chi connectivity index (χ0n) is 10.0. The number of rotatable bonds is 4. The lowest BCUT2D eigenvalue weighted by Gasteiger charge is -2.11. The van der Waals surface area contributed by atoms with E-state index in [1.165, 1.54) is 0 Å². The van der Waals surface area contributed by atoms with Crippen molar-refractivity contribution in [2.75, 3.05) is 11.9 Å². The van der Waals surface area contributed by atoms with Crippen LogP contribution in [0.25, 0.3) is 0 Å². The maximum atomic E-state index is 11.7. The molecular formula is C13H18N2O2. The Balaban J connectivity index is 2.01. The molecule has 4 heteroatoms. The molecule has 0 unspecified atom stereocenters. The number of benzene rings is 1. The minimum Gasteiger partial charge on any atom is -0.493 e. The van der Waals surface area contributed by atoms with Gasteiger partial charge in [-0.25, -0.2) is 0 Å². The number of fused-ring (bicyclic) bond motifs is 1. The van der Waals surface area contributed by atoms with Crippen molar-refractivity contribution in [2.24, 2.45) is 5.73 Å². The summed E-state index contributed by atoms with van der Waals surface area (Å²) in [6.45, 7) is 2.74. The fourth-order valence-corrected chi connectivity index (χ4v) is 1.94. The average Bonchev–Trinajstić information content (AvgIpc) is 2.76. The first-order chi connectivity index (χ1) is 8.20. The highest BCUT2D eigenvalue weighted by molar-refractivity contribution is 5.94. The minimum atomic E-state index is -0.426. The zero-order valence-corrected chi connectivity index (χ0v) is 10.0. The van der Waals surface area contributed by atoms with Crippen LogP contribution in [0.4, 0.5) is 5.69 Å². The number of nitrogens with two attached hydrogens (primary N) is 1. The van der Waals surface area contributed by atoms with Crippen LogP contribution in [-0.4, -0.2) is 18.6 Å². The molecule has 1 aromatic rings. The number of hydrogen-bond donors (Lipinski definition) is 2. The Morgan fingerprint density at radius 2 is 2.41 bits per heavy atom. The third kappa shape index (κ3) is 2.77. The van der Waals surface area contributed by atoms with E-state index in [9.17, 15) is 4.79 Å². The second-order valence-electron chi connectivity index (χ2n) is 4.31. The molecule has 1 heterocycles. The molecule has 17 heavy (non-hydrogen) atoms. The van der Waals surface area contributed by atoms with Gasteiger partial charge in [-0.05, 0) is 30.2 Å². The van der Waals surface area contributed by atoms with Gasteiger partial charge in [-0.2, -0.15) is 0 Å². The summed E-state index contributed by atoms with van der Waals surface area (Å²) in [5.41, 5.74) is 7.69. The van der Waals surface area contributed by atoms with Crippen LogP contribution in [0.15, 0.2) is 18.2 Å². The van der Waals surface area contributed by atoms with Crippen molar-refractivity contribution in [3.05, 3.63) is 23.8 Å². The van der Waals surface area contributed by atoms with Crippen molar-refractivity contribution in [3.63, 3.8) is 0 Å². The first kappa shape index (κ1) is 11.9. The van der Waals surface area contributed by atoms with Gasteiger partial charge in [0.15, 0.2) is 0 Å². The standard InChI is InChI=1S/C13H18N2O2/c1-2-3-11(14)13(16)15-10-4-5-12-9(8-10)6-7-17-12/h4-5,8,11H,2-3,6-7,14H2,1H3,(H,15,16)/t11-/m1/s1. The number of carbonyl (C=O) groups is 1. The third-order valence-corrected chi connectivity index (χ3v) is 2.89. The topological polar surface area (TPSA) is 64.4 Å². The zero-order chi connectivity index (χ0) is 12.3. The average molecular weight is 234 g/mol. The lowest BCUT2D eigenvalue weighted by atomic mass is 10.1. The van der Waals surface area contributed by atoms with E-state index in [0.29, 0.717) is 6.42 Å². The lowest BCUT2D eigenvalue weighted by molar-refractivity contribution is -0.117. The van der Waals surface area contributed by atoms with Crippen molar-refractivity contribution in [2.45, 2.75) is 32.2 Å². The second-order valence-corrected chi connectivity index (χ2v) is 4.31. The van der Waals surface area contributed by atoms with Crippen LogP contribution in [0.1, 0.15) is 25.3 Å². The molecule has 3 N–H and O–H groups in total. The van der Waals surface area contributed by atoms with E-state index in [1.807, 2.05) is 25.1 Å². The number of carbonyl (C=O) groups excluding carboxylic acids is 1. The Kier molecular flexibility index (Phi) is 3.64. The summed E-state index contributed by atoms with van der Waals surface area (Å²) in [6, 6.07) is 5.27. The summed E-state index contributed by atoms with van der Waals surface area (Å²) in [4.78, 5) is 11.7. The number of hydrogen-bond acceptors (Lipinski definition) is 3. The molecule has 92 valence electrons. The highest BCUT2D eigenvalue weighted by Gasteiger charge is 2.15. The molecule has 1 aliphatic heterocycles. The molecule has 0 fully saturated rings. The van der Waals surface area contributed by atoms with E-state index in [0.717, 1.165) is 36.4 Å². The van der Waals surface area contributed by atoms with Crippen molar-refractivity contribution >= 4 is 11.6 Å². The molecule has 0 aliphatic carbocycles. The van der Waals surface area contributed by atoms with Gasteiger partial charge in [0.05, 0.1) is 12.6 Å². The van der Waals surface area contributed by atoms with Crippen LogP contribution < -0.4 is 15.8 Å². The summed E-state index contributed by atoms with van der Waals surface area (Å²) >= 11 is 0. The number of amides is 1. The fourth-order valence-electron chi connectivity index (χ4n) is 1.94. The van der Waals surface area contributed by atoms with Gasteiger partial charge in [-0.15, -0.1) is 0 Å². The van der Waals surface area contributed by atoms with Gasteiger partial charge in [0.25, 0.3) is 0 Å². The first-order valence-electron chi connectivity index (χ1n) is 6.03. The summed E-state index contributed by atoms with van der Waals surface area (Å²) in [5, 5.41) is 2.84. The molecule has 0 radical (unpaired) electrons. The second kappa shape index (κ2) is 5.19. The van der Waals surface area contributed by atoms with Gasteiger partial charge < -0.3 is 15.8 Å². The molecule has 1 aliphatic rings. The Hall–Kier alpha value is -1.55. The van der Waals surface area contributed by atoms with Crippen LogP contribution >= 0.6 is 0 Å². The molecule has 0 saturated heterocycles.